The molecule has 0 aliphatic carbocycles. The summed E-state index contributed by atoms with van der Waals surface area (Å²) < 4.78 is 0. The fourth-order valence-electron chi connectivity index (χ4n) is 3.10. The normalized spacial score (nSPS) is 16.2. The summed E-state index contributed by atoms with van der Waals surface area (Å²) in [5.41, 5.74) is 1.57. The summed E-state index contributed by atoms with van der Waals surface area (Å²) in [4.78, 5) is 34.1. The molecule has 134 valence electrons. The van der Waals surface area contributed by atoms with Crippen LogP contribution in [-0.4, -0.2) is 46.3 Å². The van der Waals surface area contributed by atoms with Crippen molar-refractivity contribution in [1.29, 1.82) is 0 Å². The summed E-state index contributed by atoms with van der Waals surface area (Å²) in [6.45, 7) is 6.99. The second kappa shape index (κ2) is 6.86. The van der Waals surface area contributed by atoms with Crippen LogP contribution >= 0.6 is 0 Å². The van der Waals surface area contributed by atoms with Gasteiger partial charge in [0, 0.05) is 24.4 Å². The van der Waals surface area contributed by atoms with E-state index < -0.39 is 5.41 Å². The number of aromatic nitrogens is 2. The van der Waals surface area contributed by atoms with Crippen LogP contribution in [0.3, 0.4) is 0 Å². The summed E-state index contributed by atoms with van der Waals surface area (Å²) >= 11 is 0. The quantitative estimate of drug-likeness (QED) is 0.899. The number of nitrogens with one attached hydrogen (secondary N) is 2. The molecular formula is C19H26N4O2. The maximum atomic E-state index is 12.3. The van der Waals surface area contributed by atoms with E-state index in [4.69, 9.17) is 0 Å². The summed E-state index contributed by atoms with van der Waals surface area (Å²) in [6, 6.07) is 8.02. The molecule has 1 aliphatic heterocycles. The molecule has 1 aromatic carbocycles. The number of hydrogen-bond acceptors (Lipinski definition) is 3. The number of carbonyl (C=O) groups is 2. The molecule has 3 rings (SSSR count). The summed E-state index contributed by atoms with van der Waals surface area (Å²) in [5, 5.41) is 2.73. The lowest BCUT2D eigenvalue weighted by Crippen LogP contribution is -2.45. The van der Waals surface area contributed by atoms with Crippen molar-refractivity contribution in [1.82, 2.24) is 20.2 Å². The van der Waals surface area contributed by atoms with Gasteiger partial charge in [0.05, 0.1) is 17.6 Å². The molecule has 2 amide bonds. The topological polar surface area (TPSA) is 78.1 Å². The van der Waals surface area contributed by atoms with Crippen molar-refractivity contribution in [3.8, 4) is 0 Å². The number of fused-ring (bicyclic) bond motifs is 1. The minimum absolute atomic E-state index is 0.0133. The number of rotatable bonds is 3. The Morgan fingerprint density at radius 1 is 1.24 bits per heavy atom. The van der Waals surface area contributed by atoms with Crippen LogP contribution in [0.25, 0.3) is 11.0 Å². The van der Waals surface area contributed by atoms with Crippen LogP contribution in [-0.2, 0) is 9.59 Å². The molecule has 1 aromatic heterocycles. The molecular weight excluding hydrogens is 316 g/mol. The maximum absolute atomic E-state index is 12.3. The van der Waals surface area contributed by atoms with Gasteiger partial charge in [-0.25, -0.2) is 4.98 Å². The van der Waals surface area contributed by atoms with Crippen LogP contribution in [0.2, 0.25) is 0 Å². The number of hydrogen-bond donors (Lipinski definition) is 2. The number of imidazole rings is 1. The van der Waals surface area contributed by atoms with Crippen molar-refractivity contribution in [3.63, 3.8) is 0 Å². The van der Waals surface area contributed by atoms with Gasteiger partial charge in [0.15, 0.2) is 0 Å². The van der Waals surface area contributed by atoms with E-state index in [-0.39, 0.29) is 18.4 Å². The largest absolute Gasteiger partial charge is 0.347 e. The molecule has 2 aromatic rings. The highest BCUT2D eigenvalue weighted by Crippen LogP contribution is 2.27. The van der Waals surface area contributed by atoms with E-state index in [1.54, 1.807) is 0 Å². The first-order chi connectivity index (χ1) is 11.8. The number of H-pyrrole nitrogens is 1. The number of benzene rings is 1. The highest BCUT2D eigenvalue weighted by atomic mass is 16.2. The predicted octanol–water partition coefficient (Wildman–Crippen LogP) is 2.43. The standard InChI is InChI=1S/C19H26N4O2/c1-19(2,3)18(25)20-12-16(24)23-10-8-13(9-11-23)17-21-14-6-4-5-7-15(14)22-17/h4-7,13H,8-12H2,1-3H3,(H,20,25)(H,21,22). The van der Waals surface area contributed by atoms with Crippen LogP contribution < -0.4 is 5.32 Å². The zero-order valence-electron chi connectivity index (χ0n) is 15.1. The van der Waals surface area contributed by atoms with Crippen LogP contribution in [0.5, 0.6) is 0 Å². The van der Waals surface area contributed by atoms with E-state index in [2.05, 4.69) is 15.3 Å². The SMILES string of the molecule is CC(C)(C)C(=O)NCC(=O)N1CCC(c2nc3ccccc3[nH]2)CC1. The average molecular weight is 342 g/mol. The summed E-state index contributed by atoms with van der Waals surface area (Å²) in [5.74, 6) is 1.24. The van der Waals surface area contributed by atoms with Crippen molar-refractivity contribution < 1.29 is 9.59 Å². The second-order valence-electron chi connectivity index (χ2n) is 7.73. The zero-order chi connectivity index (χ0) is 18.0. The Morgan fingerprint density at radius 2 is 1.92 bits per heavy atom. The Kier molecular flexibility index (Phi) is 4.79. The molecule has 2 N–H and O–H groups in total. The number of nitrogens with zero attached hydrogens (tertiary/aromatic N) is 2. The molecule has 2 heterocycles. The number of amides is 2. The lowest BCUT2D eigenvalue weighted by atomic mass is 9.95. The third-order valence-electron chi connectivity index (χ3n) is 4.72. The van der Waals surface area contributed by atoms with E-state index in [1.807, 2.05) is 49.9 Å². The molecule has 0 bridgehead atoms. The summed E-state index contributed by atoms with van der Waals surface area (Å²) in [7, 11) is 0. The van der Waals surface area contributed by atoms with Crippen LogP contribution in [0.1, 0.15) is 45.4 Å². The zero-order valence-corrected chi connectivity index (χ0v) is 15.1. The Hall–Kier alpha value is -2.37. The van der Waals surface area contributed by atoms with Gasteiger partial charge in [-0.3, -0.25) is 9.59 Å². The van der Waals surface area contributed by atoms with Crippen LogP contribution in [0, 0.1) is 5.41 Å². The molecule has 6 nitrogen and oxygen atoms in total. The first-order valence-electron chi connectivity index (χ1n) is 8.85. The number of likely N-dealkylation sites (tertiary alicyclic amines) is 1. The number of piperidine rings is 1. The Morgan fingerprint density at radius 3 is 2.56 bits per heavy atom. The fraction of sp³-hybridized carbons (Fsp3) is 0.526. The van der Waals surface area contributed by atoms with Crippen molar-refractivity contribution in [2.75, 3.05) is 19.6 Å². The highest BCUT2D eigenvalue weighted by Gasteiger charge is 2.27. The van der Waals surface area contributed by atoms with Crippen molar-refractivity contribution >= 4 is 22.8 Å². The van der Waals surface area contributed by atoms with Crippen molar-refractivity contribution in [2.45, 2.75) is 39.5 Å². The van der Waals surface area contributed by atoms with Gasteiger partial charge in [-0.05, 0) is 25.0 Å². The molecule has 1 fully saturated rings. The van der Waals surface area contributed by atoms with Gasteiger partial charge in [0.1, 0.15) is 5.82 Å². The van der Waals surface area contributed by atoms with Gasteiger partial charge >= 0.3 is 0 Å². The Labute approximate surface area is 148 Å². The predicted molar refractivity (Wildman–Crippen MR) is 97.1 cm³/mol. The van der Waals surface area contributed by atoms with Crippen LogP contribution in [0.15, 0.2) is 24.3 Å². The molecule has 0 atom stereocenters. The Bertz CT molecular complexity index is 734. The smallest absolute Gasteiger partial charge is 0.241 e. The second-order valence-corrected chi connectivity index (χ2v) is 7.73. The molecule has 25 heavy (non-hydrogen) atoms. The van der Waals surface area contributed by atoms with Gasteiger partial charge in [-0.15, -0.1) is 0 Å². The van der Waals surface area contributed by atoms with Gasteiger partial charge in [-0.2, -0.15) is 0 Å². The summed E-state index contributed by atoms with van der Waals surface area (Å²) in [6.07, 6.45) is 1.78. The fourth-order valence-corrected chi connectivity index (χ4v) is 3.10. The maximum Gasteiger partial charge on any atom is 0.241 e. The van der Waals surface area contributed by atoms with Gasteiger partial charge < -0.3 is 15.2 Å². The molecule has 0 radical (unpaired) electrons. The van der Waals surface area contributed by atoms with Gasteiger partial charge in [0.25, 0.3) is 0 Å². The lowest BCUT2D eigenvalue weighted by molar-refractivity contribution is -0.135. The van der Waals surface area contributed by atoms with E-state index in [0.717, 1.165) is 29.7 Å². The van der Waals surface area contributed by atoms with Crippen LogP contribution in [0.4, 0.5) is 0 Å². The van der Waals surface area contributed by atoms with E-state index in [1.165, 1.54) is 0 Å². The number of aromatic amines is 1. The number of carbonyl (C=O) groups excluding carboxylic acids is 2. The molecule has 0 spiro atoms. The minimum atomic E-state index is -0.478. The lowest BCUT2D eigenvalue weighted by Gasteiger charge is -2.31. The highest BCUT2D eigenvalue weighted by molar-refractivity contribution is 5.87. The van der Waals surface area contributed by atoms with E-state index in [0.29, 0.717) is 19.0 Å². The Balaban J connectivity index is 1.53. The van der Waals surface area contributed by atoms with E-state index >= 15 is 0 Å². The monoisotopic (exact) mass is 342 g/mol. The number of para-hydroxylation sites is 2. The minimum Gasteiger partial charge on any atom is -0.347 e. The molecule has 0 unspecified atom stereocenters. The molecule has 6 heteroatoms. The van der Waals surface area contributed by atoms with Crippen molar-refractivity contribution in [2.24, 2.45) is 5.41 Å². The first kappa shape index (κ1) is 17.5. The van der Waals surface area contributed by atoms with Crippen molar-refractivity contribution in [3.05, 3.63) is 30.1 Å². The van der Waals surface area contributed by atoms with Gasteiger partial charge in [-0.1, -0.05) is 32.9 Å². The van der Waals surface area contributed by atoms with Gasteiger partial charge in [0.2, 0.25) is 11.8 Å². The average Bonchev–Trinajstić information content (AvgIpc) is 3.02. The first-order valence-corrected chi connectivity index (χ1v) is 8.85. The molecule has 1 saturated heterocycles. The third-order valence-corrected chi connectivity index (χ3v) is 4.72. The molecule has 0 saturated carbocycles. The van der Waals surface area contributed by atoms with E-state index in [9.17, 15) is 9.59 Å². The third kappa shape index (κ3) is 4.00. The molecule has 1 aliphatic rings.